The van der Waals surface area contributed by atoms with Crippen molar-refractivity contribution in [3.63, 3.8) is 0 Å². The van der Waals surface area contributed by atoms with Gasteiger partial charge in [0, 0.05) is 17.1 Å². The monoisotopic (exact) mass is 325 g/mol. The minimum atomic E-state index is -3.69. The maximum absolute atomic E-state index is 12.9. The van der Waals surface area contributed by atoms with Crippen LogP contribution in [-0.2, 0) is 14.8 Å². The molecule has 0 spiro atoms. The molecule has 0 aliphatic rings. The lowest BCUT2D eigenvalue weighted by molar-refractivity contribution is -0.112. The first-order valence-electron chi connectivity index (χ1n) is 7.09. The molecule has 116 valence electrons. The molecule has 0 aliphatic heterocycles. The van der Waals surface area contributed by atoms with E-state index in [2.05, 4.69) is 0 Å². The zero-order valence-corrected chi connectivity index (χ0v) is 13.3. The lowest BCUT2D eigenvalue weighted by Crippen LogP contribution is -2.11. The molecule has 0 amide bonds. The van der Waals surface area contributed by atoms with Gasteiger partial charge in [0.1, 0.15) is 0 Å². The number of aromatic nitrogens is 1. The first kappa shape index (κ1) is 15.2. The molecule has 0 atom stereocenters. The van der Waals surface area contributed by atoms with Gasteiger partial charge in [0.15, 0.2) is 5.78 Å². The van der Waals surface area contributed by atoms with Crippen LogP contribution in [-0.4, -0.2) is 18.2 Å². The van der Waals surface area contributed by atoms with Crippen LogP contribution in [0.5, 0.6) is 0 Å². The van der Waals surface area contributed by atoms with Gasteiger partial charge in [0.05, 0.1) is 10.4 Å². The molecule has 2 aromatic carbocycles. The van der Waals surface area contributed by atoms with Gasteiger partial charge < -0.3 is 0 Å². The van der Waals surface area contributed by atoms with Crippen molar-refractivity contribution in [3.8, 4) is 0 Å². The third kappa shape index (κ3) is 2.83. The average molecular weight is 325 g/mol. The fourth-order valence-corrected chi connectivity index (χ4v) is 3.82. The van der Waals surface area contributed by atoms with Crippen LogP contribution in [0, 0.1) is 0 Å². The van der Waals surface area contributed by atoms with E-state index in [1.54, 1.807) is 54.7 Å². The summed E-state index contributed by atoms with van der Waals surface area (Å²) in [4.78, 5) is 11.4. The van der Waals surface area contributed by atoms with Gasteiger partial charge in [-0.2, -0.15) is 0 Å². The maximum atomic E-state index is 12.9. The van der Waals surface area contributed by atoms with E-state index in [0.29, 0.717) is 11.1 Å². The summed E-state index contributed by atoms with van der Waals surface area (Å²) in [6.07, 6.45) is 4.62. The second kappa shape index (κ2) is 5.85. The molecule has 1 heterocycles. The van der Waals surface area contributed by atoms with Crippen molar-refractivity contribution in [2.24, 2.45) is 0 Å². The number of benzene rings is 2. The van der Waals surface area contributed by atoms with Gasteiger partial charge in [0.25, 0.3) is 10.0 Å². The number of carbonyl (C=O) groups is 1. The molecule has 3 rings (SSSR count). The summed E-state index contributed by atoms with van der Waals surface area (Å²) in [5, 5.41) is 0.782. The highest BCUT2D eigenvalue weighted by Crippen LogP contribution is 2.26. The Kier molecular flexibility index (Phi) is 3.88. The van der Waals surface area contributed by atoms with E-state index in [1.165, 1.54) is 17.0 Å². The van der Waals surface area contributed by atoms with Crippen molar-refractivity contribution in [2.75, 3.05) is 0 Å². The Bertz CT molecular complexity index is 999. The van der Waals surface area contributed by atoms with Crippen LogP contribution >= 0.6 is 0 Å². The highest BCUT2D eigenvalue weighted by molar-refractivity contribution is 7.90. The summed E-state index contributed by atoms with van der Waals surface area (Å²) in [5.74, 6) is -0.0900. The molecule has 0 bridgehead atoms. The SMILES string of the molecule is CC(=O)C=Cc1cn(S(=O)(=O)c2ccccc2)c2ccccc12. The van der Waals surface area contributed by atoms with Gasteiger partial charge >= 0.3 is 0 Å². The van der Waals surface area contributed by atoms with Crippen LogP contribution in [0.3, 0.4) is 0 Å². The molecule has 3 aromatic rings. The number of hydrogen-bond donors (Lipinski definition) is 0. The summed E-state index contributed by atoms with van der Waals surface area (Å²) in [7, 11) is -3.69. The Morgan fingerprint density at radius 3 is 2.35 bits per heavy atom. The molecule has 23 heavy (non-hydrogen) atoms. The third-order valence-corrected chi connectivity index (χ3v) is 5.19. The Morgan fingerprint density at radius 2 is 1.65 bits per heavy atom. The van der Waals surface area contributed by atoms with Gasteiger partial charge in [-0.3, -0.25) is 4.79 Å². The highest BCUT2D eigenvalue weighted by Gasteiger charge is 2.20. The zero-order valence-electron chi connectivity index (χ0n) is 12.5. The topological polar surface area (TPSA) is 56.1 Å². The van der Waals surface area contributed by atoms with E-state index in [-0.39, 0.29) is 10.7 Å². The molecular formula is C18H15NO3S. The molecule has 0 fully saturated rings. The lowest BCUT2D eigenvalue weighted by atomic mass is 10.1. The van der Waals surface area contributed by atoms with E-state index in [4.69, 9.17) is 0 Å². The van der Waals surface area contributed by atoms with E-state index < -0.39 is 10.0 Å². The quantitative estimate of drug-likeness (QED) is 0.690. The van der Waals surface area contributed by atoms with E-state index in [9.17, 15) is 13.2 Å². The summed E-state index contributed by atoms with van der Waals surface area (Å²) in [6, 6.07) is 15.5. The molecule has 0 saturated carbocycles. The van der Waals surface area contributed by atoms with Crippen LogP contribution in [0.4, 0.5) is 0 Å². The smallest absolute Gasteiger partial charge is 0.268 e. The molecule has 0 unspecified atom stereocenters. The normalized spacial score (nSPS) is 12.0. The van der Waals surface area contributed by atoms with Gasteiger partial charge in [-0.1, -0.05) is 36.4 Å². The Balaban J connectivity index is 2.25. The van der Waals surface area contributed by atoms with E-state index >= 15 is 0 Å². The van der Waals surface area contributed by atoms with Crippen molar-refractivity contribution in [2.45, 2.75) is 11.8 Å². The lowest BCUT2D eigenvalue weighted by Gasteiger charge is -2.07. The number of nitrogens with zero attached hydrogens (tertiary/aromatic N) is 1. The van der Waals surface area contributed by atoms with E-state index in [1.807, 2.05) is 12.1 Å². The van der Waals surface area contributed by atoms with Crippen molar-refractivity contribution >= 4 is 32.8 Å². The first-order chi connectivity index (χ1) is 11.0. The van der Waals surface area contributed by atoms with E-state index in [0.717, 1.165) is 5.39 Å². The second-order valence-electron chi connectivity index (χ2n) is 5.16. The van der Waals surface area contributed by atoms with Crippen LogP contribution in [0.15, 0.2) is 71.8 Å². The molecule has 0 radical (unpaired) electrons. The third-order valence-electron chi connectivity index (χ3n) is 3.51. The number of fused-ring (bicyclic) bond motifs is 1. The summed E-state index contributed by atoms with van der Waals surface area (Å²) < 4.78 is 27.0. The van der Waals surface area contributed by atoms with Crippen LogP contribution in [0.2, 0.25) is 0 Å². The van der Waals surface area contributed by atoms with Crippen LogP contribution < -0.4 is 0 Å². The molecule has 5 heteroatoms. The number of para-hydroxylation sites is 1. The summed E-state index contributed by atoms with van der Waals surface area (Å²) in [5.41, 5.74) is 1.27. The first-order valence-corrected chi connectivity index (χ1v) is 8.53. The Hall–Kier alpha value is -2.66. The molecular weight excluding hydrogens is 310 g/mol. The predicted octanol–water partition coefficient (Wildman–Crippen LogP) is 3.48. The van der Waals surface area contributed by atoms with Crippen LogP contribution in [0.25, 0.3) is 17.0 Å². The standard InChI is InChI=1S/C18H15NO3S/c1-14(20)11-12-15-13-19(18-10-6-5-9-17(15)18)23(21,22)16-7-3-2-4-8-16/h2-13H,1H3. The number of rotatable bonds is 4. The number of ketones is 1. The summed E-state index contributed by atoms with van der Waals surface area (Å²) in [6.45, 7) is 1.45. The Morgan fingerprint density at radius 1 is 1.00 bits per heavy atom. The maximum Gasteiger partial charge on any atom is 0.268 e. The fraction of sp³-hybridized carbons (Fsp3) is 0.0556. The summed E-state index contributed by atoms with van der Waals surface area (Å²) >= 11 is 0. The average Bonchev–Trinajstić information content (AvgIpc) is 2.93. The van der Waals surface area contributed by atoms with Crippen molar-refractivity contribution in [3.05, 3.63) is 72.4 Å². The van der Waals surface area contributed by atoms with Gasteiger partial charge in [-0.05, 0) is 37.3 Å². The van der Waals surface area contributed by atoms with Crippen molar-refractivity contribution < 1.29 is 13.2 Å². The molecule has 1 aromatic heterocycles. The molecule has 0 N–H and O–H groups in total. The van der Waals surface area contributed by atoms with Gasteiger partial charge in [-0.25, -0.2) is 12.4 Å². The molecule has 0 aliphatic carbocycles. The second-order valence-corrected chi connectivity index (χ2v) is 6.97. The van der Waals surface area contributed by atoms with Gasteiger partial charge in [0.2, 0.25) is 0 Å². The highest BCUT2D eigenvalue weighted by atomic mass is 32.2. The van der Waals surface area contributed by atoms with Crippen LogP contribution in [0.1, 0.15) is 12.5 Å². The zero-order chi connectivity index (χ0) is 16.4. The largest absolute Gasteiger partial charge is 0.295 e. The fourth-order valence-electron chi connectivity index (χ4n) is 2.42. The van der Waals surface area contributed by atoms with Crippen molar-refractivity contribution in [1.29, 1.82) is 0 Å². The predicted molar refractivity (Wildman–Crippen MR) is 90.7 cm³/mol. The molecule has 4 nitrogen and oxygen atoms in total. The number of hydrogen-bond acceptors (Lipinski definition) is 3. The van der Waals surface area contributed by atoms with Gasteiger partial charge in [-0.15, -0.1) is 0 Å². The number of carbonyl (C=O) groups excluding carboxylic acids is 1. The number of allylic oxidation sites excluding steroid dienone is 1. The van der Waals surface area contributed by atoms with Crippen molar-refractivity contribution in [1.82, 2.24) is 3.97 Å². The minimum absolute atomic E-state index is 0.0900. The molecule has 0 saturated heterocycles. The Labute approximate surface area is 134 Å². The minimum Gasteiger partial charge on any atom is -0.295 e.